The van der Waals surface area contributed by atoms with Gasteiger partial charge in [-0.15, -0.1) is 0 Å². The van der Waals surface area contributed by atoms with Gasteiger partial charge in [-0.2, -0.15) is 0 Å². The topological polar surface area (TPSA) is 51.7 Å². The number of rotatable bonds is 1. The molecular formula is C24H27ClN2O3. The predicted octanol–water partition coefficient (Wildman–Crippen LogP) is 5.19. The maximum Gasteiger partial charge on any atom is 0.259 e. The summed E-state index contributed by atoms with van der Waals surface area (Å²) >= 11 is 6.25. The minimum atomic E-state index is -0.769. The molecule has 0 atom stereocenters. The first-order chi connectivity index (χ1) is 14.1. The zero-order valence-corrected chi connectivity index (χ0v) is 18.7. The monoisotopic (exact) mass is 426 g/mol. The molecule has 0 N–H and O–H groups in total. The summed E-state index contributed by atoms with van der Waals surface area (Å²) in [5.74, 6) is -0.789. The summed E-state index contributed by atoms with van der Waals surface area (Å²) < 4.78 is 12.7. The Bertz CT molecular complexity index is 1040. The fraction of sp³-hybridized carbons (Fsp3) is 0.500. The zero-order valence-electron chi connectivity index (χ0n) is 17.9. The number of carbonyl (C=O) groups excluding carboxylic acids is 1. The van der Waals surface area contributed by atoms with Gasteiger partial charge in [-0.25, -0.2) is 0 Å². The van der Waals surface area contributed by atoms with E-state index in [0.717, 1.165) is 41.6 Å². The maximum atomic E-state index is 13.5. The van der Waals surface area contributed by atoms with Crippen molar-refractivity contribution in [3.05, 3.63) is 57.9 Å². The molecule has 6 heteroatoms. The number of carbonyl (C=O) groups is 1. The van der Waals surface area contributed by atoms with Crippen LogP contribution in [0.3, 0.4) is 0 Å². The molecule has 2 aliphatic heterocycles. The molecule has 1 aromatic heterocycles. The van der Waals surface area contributed by atoms with Crippen molar-refractivity contribution in [3.63, 3.8) is 0 Å². The number of anilines is 1. The summed E-state index contributed by atoms with van der Waals surface area (Å²) in [4.78, 5) is 19.9. The average Bonchev–Trinajstić information content (AvgIpc) is 2.89. The molecule has 1 aromatic carbocycles. The van der Waals surface area contributed by atoms with Crippen molar-refractivity contribution >= 4 is 23.2 Å². The van der Waals surface area contributed by atoms with E-state index in [9.17, 15) is 4.79 Å². The Kier molecular flexibility index (Phi) is 4.34. The Morgan fingerprint density at radius 3 is 2.53 bits per heavy atom. The molecule has 1 fully saturated rings. The molecule has 0 saturated carbocycles. The standard InChI is InChI=1S/C24H27ClN2O3/c1-22(2)13-29-24(30-14-22)9-5-6-16-19(24)11-26-12-20(16)27-21(28)17-8-7-15(25)10-18(17)23(27,3)4/h7-8,10-12H,5-6,9,13-14H2,1-4H3. The lowest BCUT2D eigenvalue weighted by Crippen LogP contribution is -2.48. The number of aromatic nitrogens is 1. The van der Waals surface area contributed by atoms with Gasteiger partial charge in [0.1, 0.15) is 0 Å². The first kappa shape index (κ1) is 20.0. The van der Waals surface area contributed by atoms with Crippen molar-refractivity contribution in [1.82, 2.24) is 4.98 Å². The zero-order chi connectivity index (χ0) is 21.3. The third-order valence-electron chi connectivity index (χ3n) is 6.64. The van der Waals surface area contributed by atoms with E-state index in [1.165, 1.54) is 0 Å². The lowest BCUT2D eigenvalue weighted by molar-refractivity contribution is -0.313. The lowest BCUT2D eigenvalue weighted by atomic mass is 9.84. The van der Waals surface area contributed by atoms with Crippen LogP contribution in [0.2, 0.25) is 5.02 Å². The van der Waals surface area contributed by atoms with Gasteiger partial charge in [0.25, 0.3) is 5.91 Å². The van der Waals surface area contributed by atoms with Crippen LogP contribution in [0.4, 0.5) is 5.69 Å². The maximum absolute atomic E-state index is 13.5. The number of halogens is 1. The highest BCUT2D eigenvalue weighted by Gasteiger charge is 2.49. The second-order valence-corrected chi connectivity index (χ2v) is 10.4. The van der Waals surface area contributed by atoms with Crippen molar-refractivity contribution in [3.8, 4) is 0 Å². The van der Waals surface area contributed by atoms with Crippen LogP contribution in [-0.4, -0.2) is 24.1 Å². The van der Waals surface area contributed by atoms with Crippen molar-refractivity contribution in [2.45, 2.75) is 58.3 Å². The molecule has 3 heterocycles. The van der Waals surface area contributed by atoms with Gasteiger partial charge in [0.05, 0.1) is 30.6 Å². The second-order valence-electron chi connectivity index (χ2n) is 9.92. The molecule has 30 heavy (non-hydrogen) atoms. The van der Waals surface area contributed by atoms with Crippen LogP contribution in [0.1, 0.15) is 67.6 Å². The van der Waals surface area contributed by atoms with Gasteiger partial charge in [-0.05, 0) is 56.0 Å². The minimum absolute atomic E-state index is 0.0122. The second kappa shape index (κ2) is 6.52. The number of hydrogen-bond donors (Lipinski definition) is 0. The van der Waals surface area contributed by atoms with Crippen LogP contribution in [0.25, 0.3) is 0 Å². The molecule has 1 saturated heterocycles. The van der Waals surface area contributed by atoms with E-state index < -0.39 is 11.3 Å². The number of benzene rings is 1. The number of fused-ring (bicyclic) bond motifs is 3. The van der Waals surface area contributed by atoms with E-state index >= 15 is 0 Å². The molecule has 1 spiro atoms. The van der Waals surface area contributed by atoms with Gasteiger partial charge in [0.15, 0.2) is 5.79 Å². The van der Waals surface area contributed by atoms with Gasteiger partial charge in [-0.3, -0.25) is 14.7 Å². The Morgan fingerprint density at radius 1 is 1.07 bits per heavy atom. The van der Waals surface area contributed by atoms with Crippen molar-refractivity contribution in [1.29, 1.82) is 0 Å². The first-order valence-corrected chi connectivity index (χ1v) is 10.9. The van der Waals surface area contributed by atoms with Gasteiger partial charge in [-0.1, -0.05) is 25.4 Å². The summed E-state index contributed by atoms with van der Waals surface area (Å²) in [7, 11) is 0. The largest absolute Gasteiger partial charge is 0.345 e. The van der Waals surface area contributed by atoms with Crippen molar-refractivity contribution < 1.29 is 14.3 Å². The van der Waals surface area contributed by atoms with Crippen LogP contribution < -0.4 is 4.90 Å². The highest BCUT2D eigenvalue weighted by molar-refractivity contribution is 6.31. The molecule has 5 nitrogen and oxygen atoms in total. The molecule has 0 radical (unpaired) electrons. The van der Waals surface area contributed by atoms with Crippen LogP contribution in [0, 0.1) is 5.41 Å². The summed E-state index contributed by atoms with van der Waals surface area (Å²) in [5, 5.41) is 0.635. The van der Waals surface area contributed by atoms with E-state index in [0.29, 0.717) is 23.8 Å². The molecule has 3 aliphatic rings. The third-order valence-corrected chi connectivity index (χ3v) is 6.88. The number of amides is 1. The number of hydrogen-bond acceptors (Lipinski definition) is 4. The van der Waals surface area contributed by atoms with Gasteiger partial charge in [0.2, 0.25) is 0 Å². The molecule has 1 amide bonds. The SMILES string of the molecule is CC1(C)COC2(CCCc3c(N4C(=O)c5ccc(Cl)cc5C4(C)C)cncc32)OC1. The third kappa shape index (κ3) is 2.83. The summed E-state index contributed by atoms with van der Waals surface area (Å²) in [6.07, 6.45) is 6.26. The lowest BCUT2D eigenvalue weighted by Gasteiger charge is -2.46. The van der Waals surface area contributed by atoms with Crippen LogP contribution in [-0.2, 0) is 27.2 Å². The predicted molar refractivity (Wildman–Crippen MR) is 116 cm³/mol. The van der Waals surface area contributed by atoms with E-state index in [1.54, 1.807) is 12.3 Å². The fourth-order valence-corrected chi connectivity index (χ4v) is 5.19. The first-order valence-electron chi connectivity index (χ1n) is 10.5. The van der Waals surface area contributed by atoms with E-state index in [1.807, 2.05) is 23.2 Å². The van der Waals surface area contributed by atoms with Crippen LogP contribution in [0.15, 0.2) is 30.6 Å². The van der Waals surface area contributed by atoms with Gasteiger partial charge >= 0.3 is 0 Å². The smallest absolute Gasteiger partial charge is 0.259 e. The van der Waals surface area contributed by atoms with Crippen LogP contribution in [0.5, 0.6) is 0 Å². The summed E-state index contributed by atoms with van der Waals surface area (Å²) in [6, 6.07) is 5.49. The van der Waals surface area contributed by atoms with Gasteiger partial charge in [0, 0.05) is 34.2 Å². The van der Waals surface area contributed by atoms with Crippen molar-refractivity contribution in [2.24, 2.45) is 5.41 Å². The molecule has 2 aromatic rings. The molecule has 0 bridgehead atoms. The number of nitrogens with zero attached hydrogens (tertiary/aromatic N) is 2. The normalized spacial score (nSPS) is 23.4. The van der Waals surface area contributed by atoms with E-state index in [2.05, 4.69) is 32.7 Å². The number of pyridine rings is 1. The Hall–Kier alpha value is -1.95. The quantitative estimate of drug-likeness (QED) is 0.629. The van der Waals surface area contributed by atoms with Crippen molar-refractivity contribution in [2.75, 3.05) is 18.1 Å². The molecular weight excluding hydrogens is 400 g/mol. The summed E-state index contributed by atoms with van der Waals surface area (Å²) in [5.41, 5.74) is 3.98. The molecule has 1 aliphatic carbocycles. The Morgan fingerprint density at radius 2 is 1.80 bits per heavy atom. The minimum Gasteiger partial charge on any atom is -0.345 e. The highest BCUT2D eigenvalue weighted by Crippen LogP contribution is 2.49. The Balaban J connectivity index is 1.61. The fourth-order valence-electron chi connectivity index (χ4n) is 5.01. The molecule has 158 valence electrons. The highest BCUT2D eigenvalue weighted by atomic mass is 35.5. The van der Waals surface area contributed by atoms with Crippen LogP contribution >= 0.6 is 11.6 Å². The van der Waals surface area contributed by atoms with E-state index in [-0.39, 0.29) is 11.3 Å². The number of ether oxygens (including phenoxy) is 2. The van der Waals surface area contributed by atoms with Gasteiger partial charge < -0.3 is 9.47 Å². The molecule has 5 rings (SSSR count). The Labute approximate surface area is 182 Å². The average molecular weight is 427 g/mol. The summed E-state index contributed by atoms with van der Waals surface area (Å²) in [6.45, 7) is 9.67. The molecule has 0 unspecified atom stereocenters. The van der Waals surface area contributed by atoms with E-state index in [4.69, 9.17) is 21.1 Å².